The predicted molar refractivity (Wildman–Crippen MR) is 121 cm³/mol. The Kier molecular flexibility index (Phi) is 6.20. The molecule has 1 fully saturated rings. The van der Waals surface area contributed by atoms with E-state index in [1.807, 2.05) is 40.6 Å². The smallest absolute Gasteiger partial charge is 0.261 e. The Labute approximate surface area is 181 Å². The molecule has 1 aliphatic heterocycles. The topological polar surface area (TPSA) is 66.5 Å². The molecule has 30 heavy (non-hydrogen) atoms. The van der Waals surface area contributed by atoms with E-state index in [2.05, 4.69) is 4.72 Å². The zero-order valence-corrected chi connectivity index (χ0v) is 18.2. The fourth-order valence-corrected chi connectivity index (χ4v) is 5.60. The van der Waals surface area contributed by atoms with Crippen molar-refractivity contribution in [3.8, 4) is 11.1 Å². The molecule has 1 saturated heterocycles. The number of nitrogens with zero attached hydrogens (tertiary/aromatic N) is 1. The van der Waals surface area contributed by atoms with Gasteiger partial charge in [-0.25, -0.2) is 8.42 Å². The van der Waals surface area contributed by atoms with Gasteiger partial charge in [-0.15, -0.1) is 11.3 Å². The summed E-state index contributed by atoms with van der Waals surface area (Å²) in [6.45, 7) is 1.58. The zero-order valence-electron chi connectivity index (χ0n) is 16.6. The monoisotopic (exact) mass is 440 g/mol. The summed E-state index contributed by atoms with van der Waals surface area (Å²) in [5, 5.41) is 1.81. The van der Waals surface area contributed by atoms with Crippen LogP contribution in [0.2, 0.25) is 0 Å². The highest BCUT2D eigenvalue weighted by molar-refractivity contribution is 7.92. The number of piperidine rings is 1. The zero-order chi connectivity index (χ0) is 21.0. The van der Waals surface area contributed by atoms with Crippen molar-refractivity contribution < 1.29 is 13.2 Å². The molecule has 1 aromatic heterocycles. The third-order valence-corrected chi connectivity index (χ3v) is 7.58. The predicted octanol–water partition coefficient (Wildman–Crippen LogP) is 4.77. The molecule has 0 radical (unpaired) electrons. The maximum atomic E-state index is 12.9. The molecule has 0 aliphatic carbocycles. The standard InChI is InChI=1S/C23H24N2O3S2/c26-23(25-14-5-2-6-15-25)17-22-21(13-16-29-22)24-30(27,28)20-11-9-19(10-12-20)18-7-3-1-4-8-18/h1,3-4,7-13,16,24H,2,5-6,14-15,17H2. The minimum atomic E-state index is -3.73. The van der Waals surface area contributed by atoms with E-state index < -0.39 is 10.0 Å². The van der Waals surface area contributed by atoms with E-state index in [4.69, 9.17) is 0 Å². The van der Waals surface area contributed by atoms with Crippen molar-refractivity contribution in [2.75, 3.05) is 17.8 Å². The number of carbonyl (C=O) groups excluding carboxylic acids is 1. The number of carbonyl (C=O) groups is 1. The molecule has 156 valence electrons. The highest BCUT2D eigenvalue weighted by Crippen LogP contribution is 2.28. The molecule has 1 N–H and O–H groups in total. The Bertz CT molecular complexity index is 1100. The van der Waals surface area contributed by atoms with Crippen LogP contribution in [-0.4, -0.2) is 32.3 Å². The lowest BCUT2D eigenvalue weighted by Crippen LogP contribution is -2.36. The van der Waals surface area contributed by atoms with E-state index >= 15 is 0 Å². The van der Waals surface area contributed by atoms with Crippen LogP contribution in [0.15, 0.2) is 70.9 Å². The van der Waals surface area contributed by atoms with Gasteiger partial charge >= 0.3 is 0 Å². The molecule has 0 spiro atoms. The average Bonchev–Trinajstić information content (AvgIpc) is 3.21. The summed E-state index contributed by atoms with van der Waals surface area (Å²) in [6, 6.07) is 18.4. The molecule has 1 amide bonds. The van der Waals surface area contributed by atoms with Gasteiger partial charge in [0.25, 0.3) is 10.0 Å². The summed E-state index contributed by atoms with van der Waals surface area (Å²) in [6.07, 6.45) is 3.46. The Morgan fingerprint density at radius 2 is 1.57 bits per heavy atom. The van der Waals surface area contributed by atoms with Crippen molar-refractivity contribution in [2.45, 2.75) is 30.6 Å². The fraction of sp³-hybridized carbons (Fsp3) is 0.261. The van der Waals surface area contributed by atoms with E-state index in [0.717, 1.165) is 48.4 Å². The van der Waals surface area contributed by atoms with Crippen molar-refractivity contribution in [2.24, 2.45) is 0 Å². The maximum absolute atomic E-state index is 12.9. The van der Waals surface area contributed by atoms with Crippen LogP contribution < -0.4 is 4.72 Å². The molecular weight excluding hydrogens is 416 g/mol. The quantitative estimate of drug-likeness (QED) is 0.600. The Hall–Kier alpha value is -2.64. The second-order valence-corrected chi connectivity index (χ2v) is 10.1. The number of amides is 1. The van der Waals surface area contributed by atoms with Crippen LogP contribution in [0.5, 0.6) is 0 Å². The molecule has 2 aromatic carbocycles. The van der Waals surface area contributed by atoms with E-state index in [9.17, 15) is 13.2 Å². The first kappa shape index (κ1) is 20.6. The first-order valence-corrected chi connectivity index (χ1v) is 12.4. The molecule has 0 unspecified atom stereocenters. The molecule has 3 aromatic rings. The first-order valence-electron chi connectivity index (χ1n) is 10.1. The van der Waals surface area contributed by atoms with E-state index in [-0.39, 0.29) is 17.2 Å². The number of anilines is 1. The molecule has 0 atom stereocenters. The lowest BCUT2D eigenvalue weighted by atomic mass is 10.1. The summed E-state index contributed by atoms with van der Waals surface area (Å²) in [5.74, 6) is 0.0600. The van der Waals surface area contributed by atoms with Crippen molar-refractivity contribution in [1.82, 2.24) is 4.90 Å². The number of sulfonamides is 1. The summed E-state index contributed by atoms with van der Waals surface area (Å²) >= 11 is 1.40. The minimum absolute atomic E-state index is 0.0600. The van der Waals surface area contributed by atoms with Gasteiger partial charge in [-0.2, -0.15) is 0 Å². The third-order valence-electron chi connectivity index (χ3n) is 5.28. The Morgan fingerprint density at radius 1 is 0.900 bits per heavy atom. The van der Waals surface area contributed by atoms with Crippen LogP contribution in [0.25, 0.3) is 11.1 Å². The van der Waals surface area contributed by atoms with Gasteiger partial charge in [-0.3, -0.25) is 9.52 Å². The number of hydrogen-bond donors (Lipinski definition) is 1. The Balaban J connectivity index is 1.47. The fourth-order valence-electron chi connectivity index (χ4n) is 3.62. The van der Waals surface area contributed by atoms with E-state index in [1.54, 1.807) is 30.3 Å². The SMILES string of the molecule is O=C(Cc1sccc1NS(=O)(=O)c1ccc(-c2ccccc2)cc1)N1CCCCC1. The van der Waals surface area contributed by atoms with Gasteiger partial charge < -0.3 is 4.90 Å². The number of benzene rings is 2. The van der Waals surface area contributed by atoms with Crippen LogP contribution in [0, 0.1) is 0 Å². The lowest BCUT2D eigenvalue weighted by Gasteiger charge is -2.26. The van der Waals surface area contributed by atoms with E-state index in [1.165, 1.54) is 11.3 Å². The number of likely N-dealkylation sites (tertiary alicyclic amines) is 1. The average molecular weight is 441 g/mol. The third kappa shape index (κ3) is 4.74. The normalized spacial score (nSPS) is 14.5. The van der Waals surface area contributed by atoms with Crippen LogP contribution in [0.3, 0.4) is 0 Å². The second kappa shape index (κ2) is 9.02. The molecule has 5 nitrogen and oxygen atoms in total. The highest BCUT2D eigenvalue weighted by atomic mass is 32.2. The summed E-state index contributed by atoms with van der Waals surface area (Å²) in [7, 11) is -3.73. The molecule has 0 saturated carbocycles. The van der Waals surface area contributed by atoms with Crippen LogP contribution >= 0.6 is 11.3 Å². The Morgan fingerprint density at radius 3 is 2.27 bits per heavy atom. The highest BCUT2D eigenvalue weighted by Gasteiger charge is 2.21. The van der Waals surface area contributed by atoms with Crippen LogP contribution in [-0.2, 0) is 21.2 Å². The van der Waals surface area contributed by atoms with Crippen molar-refractivity contribution in [1.29, 1.82) is 0 Å². The minimum Gasteiger partial charge on any atom is -0.342 e. The number of rotatable bonds is 6. The number of thiophene rings is 1. The molecule has 4 rings (SSSR count). The van der Waals surface area contributed by atoms with Gasteiger partial charge in [0.05, 0.1) is 17.0 Å². The van der Waals surface area contributed by atoms with Crippen LogP contribution in [0.1, 0.15) is 24.1 Å². The van der Waals surface area contributed by atoms with E-state index in [0.29, 0.717) is 5.69 Å². The van der Waals surface area contributed by atoms with Crippen LogP contribution in [0.4, 0.5) is 5.69 Å². The summed E-state index contributed by atoms with van der Waals surface area (Å²) in [5.41, 5.74) is 2.47. The van der Waals surface area contributed by atoms with Gasteiger partial charge in [0.1, 0.15) is 0 Å². The molecule has 2 heterocycles. The summed E-state index contributed by atoms with van der Waals surface area (Å²) < 4.78 is 28.4. The molecule has 7 heteroatoms. The van der Waals surface area contributed by atoms with Crippen molar-refractivity contribution in [3.63, 3.8) is 0 Å². The van der Waals surface area contributed by atoms with Gasteiger partial charge in [0, 0.05) is 18.0 Å². The maximum Gasteiger partial charge on any atom is 0.261 e. The van der Waals surface area contributed by atoms with Crippen molar-refractivity contribution >= 4 is 33.0 Å². The molecule has 1 aliphatic rings. The van der Waals surface area contributed by atoms with Gasteiger partial charge in [-0.05, 0) is 54.0 Å². The van der Waals surface area contributed by atoms with Gasteiger partial charge in [-0.1, -0.05) is 42.5 Å². The molecular formula is C23H24N2O3S2. The van der Waals surface area contributed by atoms with Gasteiger partial charge in [0.2, 0.25) is 5.91 Å². The first-order chi connectivity index (χ1) is 14.5. The van der Waals surface area contributed by atoms with Gasteiger partial charge in [0.15, 0.2) is 0 Å². The number of hydrogen-bond acceptors (Lipinski definition) is 4. The number of nitrogens with one attached hydrogen (secondary N) is 1. The van der Waals surface area contributed by atoms with Crippen molar-refractivity contribution in [3.05, 3.63) is 70.9 Å². The summed E-state index contributed by atoms with van der Waals surface area (Å²) in [4.78, 5) is 15.4. The second-order valence-electron chi connectivity index (χ2n) is 7.37. The largest absolute Gasteiger partial charge is 0.342 e. The molecule has 0 bridgehead atoms. The lowest BCUT2D eigenvalue weighted by molar-refractivity contribution is -0.131.